The summed E-state index contributed by atoms with van der Waals surface area (Å²) in [7, 11) is 0. The van der Waals surface area contributed by atoms with Gasteiger partial charge in [-0.2, -0.15) is 0 Å². The summed E-state index contributed by atoms with van der Waals surface area (Å²) in [5.74, 6) is 0.0756. The fraction of sp³-hybridized carbons (Fsp3) is 0.421. The van der Waals surface area contributed by atoms with Gasteiger partial charge in [-0.1, -0.05) is 11.6 Å². The number of hydrogen-bond acceptors (Lipinski definition) is 6. The van der Waals surface area contributed by atoms with Crippen molar-refractivity contribution in [1.29, 1.82) is 0 Å². The Morgan fingerprint density at radius 3 is 3.14 bits per heavy atom. The van der Waals surface area contributed by atoms with Crippen LogP contribution in [0.5, 0.6) is 0 Å². The van der Waals surface area contributed by atoms with Crippen LogP contribution in [-0.2, 0) is 9.53 Å². The van der Waals surface area contributed by atoms with E-state index >= 15 is 0 Å². The van der Waals surface area contributed by atoms with Crippen molar-refractivity contribution in [1.82, 2.24) is 25.5 Å². The number of fused-ring (bicyclic) bond motifs is 1. The Labute approximate surface area is 172 Å². The second kappa shape index (κ2) is 8.38. The molecule has 4 rings (SSSR count). The van der Waals surface area contributed by atoms with E-state index in [1.807, 2.05) is 0 Å². The first-order chi connectivity index (χ1) is 14.0. The van der Waals surface area contributed by atoms with Gasteiger partial charge in [0, 0.05) is 43.0 Å². The number of nitrogens with zero attached hydrogens (tertiary/aromatic N) is 3. The number of rotatable bonds is 4. The van der Waals surface area contributed by atoms with E-state index < -0.39 is 11.9 Å². The van der Waals surface area contributed by atoms with Crippen molar-refractivity contribution >= 4 is 34.4 Å². The Hall–Kier alpha value is -2.65. The van der Waals surface area contributed by atoms with Crippen LogP contribution >= 0.6 is 11.6 Å². The summed E-state index contributed by atoms with van der Waals surface area (Å²) in [6.45, 7) is 3.93. The third-order valence-electron chi connectivity index (χ3n) is 4.91. The Morgan fingerprint density at radius 2 is 2.28 bits per heavy atom. The molecule has 10 heteroatoms. The molecule has 0 aromatic carbocycles. The van der Waals surface area contributed by atoms with Gasteiger partial charge in [-0.15, -0.1) is 0 Å². The van der Waals surface area contributed by atoms with Crippen LogP contribution in [0.15, 0.2) is 35.1 Å². The van der Waals surface area contributed by atoms with Gasteiger partial charge in [0.1, 0.15) is 23.3 Å². The molecule has 1 atom stereocenters. The smallest absolute Gasteiger partial charge is 0.244 e. The Kier molecular flexibility index (Phi) is 5.68. The normalized spacial score (nSPS) is 18.9. The minimum atomic E-state index is -0.597. The molecule has 1 saturated heterocycles. The molecule has 154 valence electrons. The number of ether oxygens (including phenoxy) is 1. The van der Waals surface area contributed by atoms with E-state index in [9.17, 15) is 9.18 Å². The maximum absolute atomic E-state index is 14.4. The fourth-order valence-corrected chi connectivity index (χ4v) is 3.57. The SMILES string of the molecule is C[C@@H](NC1=C(F)CN=C(c2c[nH]c3ncc(Cl)cc23)N1)C(=O)N1CCCOCC1. The van der Waals surface area contributed by atoms with Gasteiger partial charge in [-0.3, -0.25) is 9.79 Å². The van der Waals surface area contributed by atoms with Gasteiger partial charge < -0.3 is 25.3 Å². The lowest BCUT2D eigenvalue weighted by atomic mass is 10.2. The number of hydrogen-bond donors (Lipinski definition) is 3. The molecule has 0 aliphatic carbocycles. The molecule has 2 aliphatic rings. The molecule has 0 radical (unpaired) electrons. The van der Waals surface area contributed by atoms with Gasteiger partial charge in [-0.05, 0) is 19.4 Å². The van der Waals surface area contributed by atoms with Crippen LogP contribution in [0.3, 0.4) is 0 Å². The van der Waals surface area contributed by atoms with Crippen molar-refractivity contribution < 1.29 is 13.9 Å². The molecule has 3 N–H and O–H groups in total. The van der Waals surface area contributed by atoms with Gasteiger partial charge in [0.15, 0.2) is 5.83 Å². The van der Waals surface area contributed by atoms with Crippen molar-refractivity contribution in [2.45, 2.75) is 19.4 Å². The van der Waals surface area contributed by atoms with E-state index in [4.69, 9.17) is 16.3 Å². The van der Waals surface area contributed by atoms with Crippen molar-refractivity contribution in [3.8, 4) is 0 Å². The third-order valence-corrected chi connectivity index (χ3v) is 5.12. The Balaban J connectivity index is 1.48. The highest BCUT2D eigenvalue weighted by atomic mass is 35.5. The number of amidine groups is 1. The number of H-pyrrole nitrogens is 1. The Morgan fingerprint density at radius 1 is 1.41 bits per heavy atom. The summed E-state index contributed by atoms with van der Waals surface area (Å²) in [5, 5.41) is 7.21. The average molecular weight is 421 g/mol. The first-order valence-corrected chi connectivity index (χ1v) is 9.87. The molecule has 8 nitrogen and oxygen atoms in total. The maximum Gasteiger partial charge on any atom is 0.244 e. The second-order valence-electron chi connectivity index (χ2n) is 6.98. The predicted molar refractivity (Wildman–Crippen MR) is 108 cm³/mol. The number of carbonyl (C=O) groups is 1. The zero-order valence-electron chi connectivity index (χ0n) is 16.0. The van der Waals surface area contributed by atoms with Crippen LogP contribution in [0.4, 0.5) is 4.39 Å². The standard InChI is InChI=1S/C19H22ClFN6O2/c1-11(19(28)27-3-2-5-29-6-4-27)25-18-15(21)10-24-17(26-18)14-9-23-16-13(14)7-12(20)8-22-16/h7-9,11,25H,2-6,10H2,1H3,(H,22,23)(H,24,26)/t11-/m1/s1. The lowest BCUT2D eigenvalue weighted by Gasteiger charge is -2.27. The molecule has 2 aromatic heterocycles. The molecule has 2 aliphatic heterocycles. The molecule has 0 spiro atoms. The fourth-order valence-electron chi connectivity index (χ4n) is 3.41. The predicted octanol–water partition coefficient (Wildman–Crippen LogP) is 1.93. The molecule has 0 bridgehead atoms. The molecule has 1 amide bonds. The highest BCUT2D eigenvalue weighted by Gasteiger charge is 2.25. The molecule has 1 fully saturated rings. The molecule has 29 heavy (non-hydrogen) atoms. The molecular weight excluding hydrogens is 399 g/mol. The van der Waals surface area contributed by atoms with Gasteiger partial charge in [0.2, 0.25) is 5.91 Å². The minimum Gasteiger partial charge on any atom is -0.380 e. The number of nitrogens with one attached hydrogen (secondary N) is 3. The minimum absolute atomic E-state index is 0.0928. The number of carbonyl (C=O) groups excluding carboxylic acids is 1. The van der Waals surface area contributed by atoms with Gasteiger partial charge in [-0.25, -0.2) is 9.37 Å². The van der Waals surface area contributed by atoms with Gasteiger partial charge in [0.05, 0.1) is 18.2 Å². The van der Waals surface area contributed by atoms with Crippen LogP contribution in [0.25, 0.3) is 11.0 Å². The van der Waals surface area contributed by atoms with Crippen LogP contribution in [0.2, 0.25) is 5.02 Å². The van der Waals surface area contributed by atoms with Crippen LogP contribution in [0.1, 0.15) is 18.9 Å². The highest BCUT2D eigenvalue weighted by Crippen LogP contribution is 2.22. The zero-order chi connectivity index (χ0) is 20.4. The van der Waals surface area contributed by atoms with E-state index in [0.29, 0.717) is 42.8 Å². The number of halogens is 2. The van der Waals surface area contributed by atoms with E-state index in [1.165, 1.54) is 0 Å². The maximum atomic E-state index is 14.4. The number of pyridine rings is 1. The van der Waals surface area contributed by atoms with Crippen LogP contribution < -0.4 is 10.6 Å². The quantitative estimate of drug-likeness (QED) is 0.702. The Bertz CT molecular complexity index is 980. The molecule has 0 unspecified atom stereocenters. The van der Waals surface area contributed by atoms with E-state index in [1.54, 1.807) is 30.3 Å². The summed E-state index contributed by atoms with van der Waals surface area (Å²) in [5.41, 5.74) is 1.39. The molecule has 0 saturated carbocycles. The van der Waals surface area contributed by atoms with Crippen molar-refractivity contribution in [2.75, 3.05) is 32.8 Å². The summed E-state index contributed by atoms with van der Waals surface area (Å²) < 4.78 is 19.8. The summed E-state index contributed by atoms with van der Waals surface area (Å²) in [6.07, 6.45) is 4.09. The summed E-state index contributed by atoms with van der Waals surface area (Å²) in [4.78, 5) is 26.0. The van der Waals surface area contributed by atoms with Crippen LogP contribution in [-0.4, -0.2) is 65.5 Å². The van der Waals surface area contributed by atoms with Crippen molar-refractivity contribution in [3.63, 3.8) is 0 Å². The van der Waals surface area contributed by atoms with Crippen molar-refractivity contribution in [2.24, 2.45) is 4.99 Å². The van der Waals surface area contributed by atoms with E-state index in [2.05, 4.69) is 25.6 Å². The summed E-state index contributed by atoms with van der Waals surface area (Å²) >= 11 is 6.06. The number of aromatic nitrogens is 2. The number of aromatic amines is 1. The topological polar surface area (TPSA) is 94.6 Å². The monoisotopic (exact) mass is 420 g/mol. The van der Waals surface area contributed by atoms with Gasteiger partial charge in [0.25, 0.3) is 0 Å². The molecule has 2 aromatic rings. The molecule has 4 heterocycles. The lowest BCUT2D eigenvalue weighted by molar-refractivity contribution is -0.132. The number of aliphatic imine (C=N–C) groups is 1. The van der Waals surface area contributed by atoms with Crippen molar-refractivity contribution in [3.05, 3.63) is 40.7 Å². The first kappa shape index (κ1) is 19.7. The first-order valence-electron chi connectivity index (χ1n) is 9.49. The summed E-state index contributed by atoms with van der Waals surface area (Å²) in [6, 6.07) is 1.18. The average Bonchev–Trinajstić information content (AvgIpc) is 2.94. The largest absolute Gasteiger partial charge is 0.380 e. The highest BCUT2D eigenvalue weighted by molar-refractivity contribution is 6.31. The number of amides is 1. The van der Waals surface area contributed by atoms with E-state index in [-0.39, 0.29) is 18.3 Å². The van der Waals surface area contributed by atoms with Gasteiger partial charge >= 0.3 is 0 Å². The third kappa shape index (κ3) is 4.20. The zero-order valence-corrected chi connectivity index (χ0v) is 16.7. The molecular formula is C19H22ClFN6O2. The lowest BCUT2D eigenvalue weighted by Crippen LogP contribution is -2.48. The van der Waals surface area contributed by atoms with Crippen LogP contribution in [0, 0.1) is 0 Å². The van der Waals surface area contributed by atoms with E-state index in [0.717, 1.165) is 17.4 Å². The second-order valence-corrected chi connectivity index (χ2v) is 7.42.